The fourth-order valence-corrected chi connectivity index (χ4v) is 2.18. The molecule has 1 saturated carbocycles. The quantitative estimate of drug-likeness (QED) is 0.849. The van der Waals surface area contributed by atoms with Gasteiger partial charge in [-0.25, -0.2) is 4.39 Å². The van der Waals surface area contributed by atoms with E-state index in [4.69, 9.17) is 11.6 Å². The predicted molar refractivity (Wildman–Crippen MR) is 65.0 cm³/mol. The van der Waals surface area contributed by atoms with Crippen LogP contribution in [0, 0.1) is 17.2 Å². The third kappa shape index (κ3) is 2.55. The first-order chi connectivity index (χ1) is 7.50. The van der Waals surface area contributed by atoms with Crippen molar-refractivity contribution < 1.29 is 4.39 Å². The van der Waals surface area contributed by atoms with Crippen LogP contribution in [-0.4, -0.2) is 6.54 Å². The van der Waals surface area contributed by atoms with Gasteiger partial charge in [-0.1, -0.05) is 37.6 Å². The molecule has 1 fully saturated rings. The van der Waals surface area contributed by atoms with Crippen molar-refractivity contribution in [2.24, 2.45) is 11.3 Å². The second-order valence-electron chi connectivity index (χ2n) is 5.23. The van der Waals surface area contributed by atoms with Gasteiger partial charge in [-0.3, -0.25) is 0 Å². The van der Waals surface area contributed by atoms with Crippen LogP contribution in [0.2, 0.25) is 5.02 Å². The van der Waals surface area contributed by atoms with Gasteiger partial charge in [0, 0.05) is 6.54 Å². The third-order valence-electron chi connectivity index (χ3n) is 3.46. The molecule has 16 heavy (non-hydrogen) atoms. The van der Waals surface area contributed by atoms with E-state index in [2.05, 4.69) is 19.2 Å². The number of hydrogen-bond donors (Lipinski definition) is 1. The highest BCUT2D eigenvalue weighted by molar-refractivity contribution is 6.31. The van der Waals surface area contributed by atoms with Crippen LogP contribution in [0.25, 0.3) is 0 Å². The average Bonchev–Trinajstić information content (AvgIpc) is 2.81. The molecular formula is C13H17ClFN. The van der Waals surface area contributed by atoms with Gasteiger partial charge in [0.15, 0.2) is 0 Å². The number of halogens is 2. The van der Waals surface area contributed by atoms with Gasteiger partial charge in [-0.15, -0.1) is 0 Å². The van der Waals surface area contributed by atoms with E-state index in [1.54, 1.807) is 6.07 Å². The summed E-state index contributed by atoms with van der Waals surface area (Å²) >= 11 is 5.87. The predicted octanol–water partition coefficient (Wildman–Crippen LogP) is 3.61. The summed E-state index contributed by atoms with van der Waals surface area (Å²) in [5.74, 6) is 0.410. The molecule has 3 heteroatoms. The minimum atomic E-state index is -0.340. The molecule has 88 valence electrons. The molecule has 0 radical (unpaired) electrons. The zero-order valence-corrected chi connectivity index (χ0v) is 10.4. The normalized spacial score (nSPS) is 22.1. The van der Waals surface area contributed by atoms with Crippen LogP contribution in [0.1, 0.15) is 25.8 Å². The second-order valence-corrected chi connectivity index (χ2v) is 5.61. The molecule has 1 N–H and O–H groups in total. The molecule has 1 atom stereocenters. The Labute approximate surface area is 101 Å². The Hall–Kier alpha value is -0.600. The maximum atomic E-state index is 13.1. The van der Waals surface area contributed by atoms with E-state index < -0.39 is 0 Å². The van der Waals surface area contributed by atoms with E-state index in [0.29, 0.717) is 12.0 Å². The highest BCUT2D eigenvalue weighted by Gasteiger charge is 2.44. The van der Waals surface area contributed by atoms with Crippen molar-refractivity contribution in [2.45, 2.75) is 26.8 Å². The lowest BCUT2D eigenvalue weighted by Gasteiger charge is -2.08. The van der Waals surface area contributed by atoms with Crippen molar-refractivity contribution in [1.29, 1.82) is 0 Å². The summed E-state index contributed by atoms with van der Waals surface area (Å²) in [4.78, 5) is 0. The largest absolute Gasteiger partial charge is 0.312 e. The Morgan fingerprint density at radius 3 is 2.81 bits per heavy atom. The Bertz CT molecular complexity index is 390. The van der Waals surface area contributed by atoms with Crippen LogP contribution in [0.4, 0.5) is 4.39 Å². The molecule has 0 spiro atoms. The van der Waals surface area contributed by atoms with Crippen molar-refractivity contribution in [2.75, 3.05) is 6.54 Å². The van der Waals surface area contributed by atoms with Crippen molar-refractivity contribution in [1.82, 2.24) is 5.32 Å². The molecule has 1 unspecified atom stereocenters. The van der Waals surface area contributed by atoms with E-state index in [1.165, 1.54) is 12.5 Å². The number of rotatable bonds is 4. The highest BCUT2D eigenvalue weighted by Crippen LogP contribution is 2.50. The Morgan fingerprint density at radius 2 is 2.19 bits per heavy atom. The minimum absolute atomic E-state index is 0.241. The van der Waals surface area contributed by atoms with Gasteiger partial charge < -0.3 is 5.32 Å². The van der Waals surface area contributed by atoms with Crippen LogP contribution in [-0.2, 0) is 6.54 Å². The molecule has 0 bridgehead atoms. The lowest BCUT2D eigenvalue weighted by Crippen LogP contribution is -2.18. The summed E-state index contributed by atoms with van der Waals surface area (Å²) in [7, 11) is 0. The fraction of sp³-hybridized carbons (Fsp3) is 0.538. The van der Waals surface area contributed by atoms with Crippen LogP contribution in [0.15, 0.2) is 18.2 Å². The molecule has 1 aliphatic carbocycles. The molecule has 0 aliphatic heterocycles. The van der Waals surface area contributed by atoms with Gasteiger partial charge in [0.05, 0.1) is 5.02 Å². The van der Waals surface area contributed by atoms with Gasteiger partial charge >= 0.3 is 0 Å². The van der Waals surface area contributed by atoms with Gasteiger partial charge in [-0.05, 0) is 35.9 Å². The molecule has 1 aliphatic rings. The summed E-state index contributed by atoms with van der Waals surface area (Å²) in [5, 5.41) is 3.58. The van der Waals surface area contributed by atoms with Crippen LogP contribution in [0.5, 0.6) is 0 Å². The monoisotopic (exact) mass is 241 g/mol. The zero-order valence-electron chi connectivity index (χ0n) is 9.69. The maximum absolute atomic E-state index is 13.1. The first-order valence-corrected chi connectivity index (χ1v) is 6.02. The summed E-state index contributed by atoms with van der Waals surface area (Å²) in [6, 6.07) is 4.94. The van der Waals surface area contributed by atoms with Gasteiger partial charge in [-0.2, -0.15) is 0 Å². The summed E-state index contributed by atoms with van der Waals surface area (Å²) < 4.78 is 13.1. The molecule has 1 aromatic carbocycles. The molecule has 0 amide bonds. The summed E-state index contributed by atoms with van der Waals surface area (Å²) in [5.41, 5.74) is 1.32. The van der Waals surface area contributed by atoms with Crippen molar-refractivity contribution >= 4 is 11.6 Å². The van der Waals surface area contributed by atoms with Crippen LogP contribution in [0.3, 0.4) is 0 Å². The first-order valence-electron chi connectivity index (χ1n) is 5.64. The van der Waals surface area contributed by atoms with E-state index in [0.717, 1.165) is 18.0 Å². The average molecular weight is 242 g/mol. The van der Waals surface area contributed by atoms with Gasteiger partial charge in [0.2, 0.25) is 0 Å². The second kappa shape index (κ2) is 4.34. The molecule has 2 rings (SSSR count). The van der Waals surface area contributed by atoms with E-state index in [-0.39, 0.29) is 10.8 Å². The van der Waals surface area contributed by atoms with Crippen molar-refractivity contribution in [3.05, 3.63) is 34.6 Å². The molecular weight excluding hydrogens is 225 g/mol. The highest BCUT2D eigenvalue weighted by atomic mass is 35.5. The number of benzene rings is 1. The third-order valence-corrected chi connectivity index (χ3v) is 3.88. The molecule has 0 heterocycles. The summed E-state index contributed by atoms with van der Waals surface area (Å²) in [6.07, 6.45) is 1.27. The van der Waals surface area contributed by atoms with E-state index >= 15 is 0 Å². The first kappa shape index (κ1) is 11.9. The number of hydrogen-bond acceptors (Lipinski definition) is 1. The Kier molecular flexibility index (Phi) is 3.22. The molecule has 0 aromatic heterocycles. The van der Waals surface area contributed by atoms with Gasteiger partial charge in [0.1, 0.15) is 5.82 Å². The maximum Gasteiger partial charge on any atom is 0.142 e. The van der Waals surface area contributed by atoms with Gasteiger partial charge in [0.25, 0.3) is 0 Å². The smallest absolute Gasteiger partial charge is 0.142 e. The SMILES string of the molecule is CC1(C)CC1CNCc1cccc(F)c1Cl. The summed E-state index contributed by atoms with van der Waals surface area (Å²) in [6.45, 7) is 6.17. The van der Waals surface area contributed by atoms with Crippen molar-refractivity contribution in [3.63, 3.8) is 0 Å². The number of nitrogens with one attached hydrogen (secondary N) is 1. The Morgan fingerprint density at radius 1 is 1.50 bits per heavy atom. The van der Waals surface area contributed by atoms with Crippen molar-refractivity contribution in [3.8, 4) is 0 Å². The zero-order chi connectivity index (χ0) is 11.8. The molecule has 1 nitrogen and oxygen atoms in total. The fourth-order valence-electron chi connectivity index (χ4n) is 1.99. The van der Waals surface area contributed by atoms with E-state index in [1.807, 2.05) is 6.07 Å². The molecule has 0 saturated heterocycles. The van der Waals surface area contributed by atoms with Crippen LogP contribution < -0.4 is 5.32 Å². The van der Waals surface area contributed by atoms with E-state index in [9.17, 15) is 4.39 Å². The standard InChI is InChI=1S/C13H17ClFN/c1-13(2)6-10(13)8-16-7-9-4-3-5-11(15)12(9)14/h3-5,10,16H,6-8H2,1-2H3. The topological polar surface area (TPSA) is 12.0 Å². The minimum Gasteiger partial charge on any atom is -0.312 e. The van der Waals surface area contributed by atoms with Crippen LogP contribution >= 0.6 is 11.6 Å². The Balaban J connectivity index is 1.84. The lowest BCUT2D eigenvalue weighted by atomic mass is 10.1. The molecule has 1 aromatic rings. The lowest BCUT2D eigenvalue weighted by molar-refractivity contribution is 0.519.